The number of hydrogen-bond acceptors (Lipinski definition) is 4. The third-order valence-electron chi connectivity index (χ3n) is 4.70. The Hall–Kier alpha value is -1.67. The first-order valence-corrected chi connectivity index (χ1v) is 11.3. The second-order valence-electron chi connectivity index (χ2n) is 6.78. The number of nitrogens with zero attached hydrogens (tertiary/aromatic N) is 2. The molecule has 150 valence electrons. The van der Waals surface area contributed by atoms with Crippen LogP contribution in [0.5, 0.6) is 0 Å². The monoisotopic (exact) mass is 441 g/mol. The average molecular weight is 442 g/mol. The fourth-order valence-electron chi connectivity index (χ4n) is 3.17. The zero-order chi connectivity index (χ0) is 20.1. The average Bonchev–Trinajstić information content (AvgIpc) is 2.69. The molecule has 0 saturated carbocycles. The summed E-state index contributed by atoms with van der Waals surface area (Å²) < 4.78 is 27.0. The molecule has 28 heavy (non-hydrogen) atoms. The van der Waals surface area contributed by atoms with Gasteiger partial charge in [-0.3, -0.25) is 9.78 Å². The van der Waals surface area contributed by atoms with Gasteiger partial charge in [-0.15, -0.1) is 0 Å². The van der Waals surface area contributed by atoms with Gasteiger partial charge in [0.1, 0.15) is 0 Å². The molecule has 3 rings (SSSR count). The minimum absolute atomic E-state index is 0.133. The van der Waals surface area contributed by atoms with Crippen LogP contribution >= 0.6 is 23.2 Å². The summed E-state index contributed by atoms with van der Waals surface area (Å²) in [5, 5.41) is 3.59. The molecule has 1 fully saturated rings. The second kappa shape index (κ2) is 9.22. The summed E-state index contributed by atoms with van der Waals surface area (Å²) in [5.74, 6) is -0.666. The van der Waals surface area contributed by atoms with Crippen LogP contribution < -0.4 is 5.32 Å². The van der Waals surface area contributed by atoms with Gasteiger partial charge in [-0.05, 0) is 48.2 Å². The molecule has 1 aliphatic rings. The number of halogens is 2. The topological polar surface area (TPSA) is 79.4 Å². The number of amides is 1. The molecule has 0 radical (unpaired) electrons. The summed E-state index contributed by atoms with van der Waals surface area (Å²) in [6.07, 6.45) is 4.65. The molecule has 2 aromatic rings. The number of nitrogens with one attached hydrogen (secondary N) is 1. The lowest BCUT2D eigenvalue weighted by Gasteiger charge is -2.31. The highest BCUT2D eigenvalue weighted by atomic mass is 35.5. The van der Waals surface area contributed by atoms with Crippen LogP contribution in [-0.4, -0.2) is 36.7 Å². The van der Waals surface area contributed by atoms with Crippen LogP contribution in [0, 0.1) is 5.92 Å². The lowest BCUT2D eigenvalue weighted by Crippen LogP contribution is -2.45. The molecule has 0 aliphatic carbocycles. The van der Waals surface area contributed by atoms with Crippen molar-refractivity contribution >= 4 is 39.1 Å². The van der Waals surface area contributed by atoms with E-state index in [1.807, 2.05) is 12.1 Å². The third-order valence-corrected chi connectivity index (χ3v) is 7.25. The van der Waals surface area contributed by atoms with Crippen LogP contribution in [0.25, 0.3) is 0 Å². The van der Waals surface area contributed by atoms with Crippen molar-refractivity contribution in [2.75, 3.05) is 13.1 Å². The number of sulfonamides is 1. The van der Waals surface area contributed by atoms with E-state index in [9.17, 15) is 13.2 Å². The maximum Gasteiger partial charge on any atom is 0.224 e. The lowest BCUT2D eigenvalue weighted by atomic mass is 9.99. The number of pyridine rings is 1. The van der Waals surface area contributed by atoms with Crippen molar-refractivity contribution in [1.82, 2.24) is 14.6 Å². The quantitative estimate of drug-likeness (QED) is 0.745. The summed E-state index contributed by atoms with van der Waals surface area (Å²) in [4.78, 5) is 16.4. The Morgan fingerprint density at radius 2 is 1.89 bits per heavy atom. The second-order valence-corrected chi connectivity index (χ2v) is 9.56. The SMILES string of the molecule is O=C(NCc1ccncc1)C1CCCN(S(=O)(=O)Cc2ccc(Cl)c(Cl)c2)C1. The van der Waals surface area contributed by atoms with Crippen molar-refractivity contribution in [3.05, 3.63) is 63.9 Å². The van der Waals surface area contributed by atoms with Crippen LogP contribution in [0.2, 0.25) is 10.0 Å². The number of rotatable bonds is 6. The van der Waals surface area contributed by atoms with Crippen LogP contribution in [0.4, 0.5) is 0 Å². The van der Waals surface area contributed by atoms with Crippen molar-refractivity contribution in [2.24, 2.45) is 5.92 Å². The van der Waals surface area contributed by atoms with Gasteiger partial charge >= 0.3 is 0 Å². The first kappa shape index (κ1) is 21.0. The minimum atomic E-state index is -3.56. The van der Waals surface area contributed by atoms with E-state index in [2.05, 4.69) is 10.3 Å². The number of piperidine rings is 1. The standard InChI is InChI=1S/C19H21Cl2N3O3S/c20-17-4-3-15(10-18(17)21)13-28(26,27)24-9-1-2-16(12-24)19(25)23-11-14-5-7-22-8-6-14/h3-8,10,16H,1-2,9,11-13H2,(H,23,25). The summed E-state index contributed by atoms with van der Waals surface area (Å²) in [6.45, 7) is 0.998. The number of aromatic nitrogens is 1. The van der Waals surface area contributed by atoms with Gasteiger partial charge < -0.3 is 5.32 Å². The zero-order valence-corrected chi connectivity index (χ0v) is 17.5. The Morgan fingerprint density at radius 3 is 2.61 bits per heavy atom. The summed E-state index contributed by atoms with van der Waals surface area (Å²) >= 11 is 11.9. The van der Waals surface area contributed by atoms with Crippen molar-refractivity contribution in [1.29, 1.82) is 0 Å². The summed E-state index contributed by atoms with van der Waals surface area (Å²) in [5.41, 5.74) is 1.52. The van der Waals surface area contributed by atoms with Crippen molar-refractivity contribution in [3.63, 3.8) is 0 Å². The van der Waals surface area contributed by atoms with E-state index in [-0.39, 0.29) is 24.1 Å². The Bertz CT molecular complexity index is 939. The van der Waals surface area contributed by atoms with E-state index in [1.165, 1.54) is 4.31 Å². The van der Waals surface area contributed by atoms with Crippen LogP contribution in [0.15, 0.2) is 42.7 Å². The van der Waals surface area contributed by atoms with E-state index in [4.69, 9.17) is 23.2 Å². The van der Waals surface area contributed by atoms with Crippen LogP contribution in [0.3, 0.4) is 0 Å². The number of hydrogen-bond donors (Lipinski definition) is 1. The molecule has 1 saturated heterocycles. The van der Waals surface area contributed by atoms with Crippen molar-refractivity contribution in [3.8, 4) is 0 Å². The van der Waals surface area contributed by atoms with Gasteiger partial charge in [-0.2, -0.15) is 0 Å². The van der Waals surface area contributed by atoms with E-state index in [1.54, 1.807) is 30.6 Å². The lowest BCUT2D eigenvalue weighted by molar-refractivity contribution is -0.126. The van der Waals surface area contributed by atoms with Gasteiger partial charge in [0, 0.05) is 32.0 Å². The molecule has 9 heteroatoms. The van der Waals surface area contributed by atoms with Crippen molar-refractivity contribution in [2.45, 2.75) is 25.1 Å². The molecule has 1 amide bonds. The van der Waals surface area contributed by atoms with E-state index in [0.717, 1.165) is 5.56 Å². The fraction of sp³-hybridized carbons (Fsp3) is 0.368. The maximum atomic E-state index is 12.8. The molecule has 0 spiro atoms. The van der Waals surface area contributed by atoms with Gasteiger partial charge in [-0.1, -0.05) is 29.3 Å². The number of carbonyl (C=O) groups excluding carboxylic acids is 1. The van der Waals surface area contributed by atoms with Gasteiger partial charge in [0.15, 0.2) is 0 Å². The molecule has 1 aromatic carbocycles. The predicted octanol–water partition coefficient (Wildman–Crippen LogP) is 3.25. The zero-order valence-electron chi connectivity index (χ0n) is 15.1. The molecular formula is C19H21Cl2N3O3S. The Balaban J connectivity index is 1.61. The van der Waals surface area contributed by atoms with Crippen LogP contribution in [0.1, 0.15) is 24.0 Å². The third kappa shape index (κ3) is 5.44. The van der Waals surface area contributed by atoms with Gasteiger partial charge in [0.2, 0.25) is 15.9 Å². The molecule has 0 bridgehead atoms. The maximum absolute atomic E-state index is 12.8. The first-order chi connectivity index (χ1) is 13.3. The number of benzene rings is 1. The molecular weight excluding hydrogens is 421 g/mol. The van der Waals surface area contributed by atoms with Gasteiger partial charge in [-0.25, -0.2) is 12.7 Å². The predicted molar refractivity (Wildman–Crippen MR) is 109 cm³/mol. The molecule has 6 nitrogen and oxygen atoms in total. The van der Waals surface area contributed by atoms with Gasteiger partial charge in [0.05, 0.1) is 21.7 Å². The molecule has 1 atom stereocenters. The number of carbonyl (C=O) groups is 1. The highest BCUT2D eigenvalue weighted by Gasteiger charge is 2.32. The normalized spacial score (nSPS) is 18.0. The van der Waals surface area contributed by atoms with Gasteiger partial charge in [0.25, 0.3) is 0 Å². The molecule has 1 aromatic heterocycles. The van der Waals surface area contributed by atoms with E-state index < -0.39 is 10.0 Å². The minimum Gasteiger partial charge on any atom is -0.352 e. The Morgan fingerprint density at radius 1 is 1.14 bits per heavy atom. The van der Waals surface area contributed by atoms with E-state index in [0.29, 0.717) is 41.5 Å². The largest absolute Gasteiger partial charge is 0.352 e. The fourth-order valence-corrected chi connectivity index (χ4v) is 5.09. The first-order valence-electron chi connectivity index (χ1n) is 8.93. The molecule has 1 N–H and O–H groups in total. The van der Waals surface area contributed by atoms with Crippen molar-refractivity contribution < 1.29 is 13.2 Å². The Kier molecular flexibility index (Phi) is 6.93. The van der Waals surface area contributed by atoms with E-state index >= 15 is 0 Å². The highest BCUT2D eigenvalue weighted by Crippen LogP contribution is 2.26. The van der Waals surface area contributed by atoms with Crippen LogP contribution in [-0.2, 0) is 27.1 Å². The summed E-state index contributed by atoms with van der Waals surface area (Å²) in [6, 6.07) is 8.45. The Labute approximate surface area is 174 Å². The smallest absolute Gasteiger partial charge is 0.224 e. The molecule has 2 heterocycles. The highest BCUT2D eigenvalue weighted by molar-refractivity contribution is 7.88. The summed E-state index contributed by atoms with van der Waals surface area (Å²) in [7, 11) is -3.56. The molecule has 1 aliphatic heterocycles. The molecule has 1 unspecified atom stereocenters.